The minimum Gasteiger partial charge on any atom is -0.482 e. The lowest BCUT2D eigenvalue weighted by Crippen LogP contribution is -2.51. The van der Waals surface area contributed by atoms with Crippen molar-refractivity contribution in [2.24, 2.45) is 0 Å². The van der Waals surface area contributed by atoms with Gasteiger partial charge >= 0.3 is 11.9 Å². The number of carbonyl (C=O) groups is 4. The zero-order valence-electron chi connectivity index (χ0n) is 21.9. The van der Waals surface area contributed by atoms with Gasteiger partial charge in [-0.1, -0.05) is 12.1 Å². The minimum absolute atomic E-state index is 0.0774. The van der Waals surface area contributed by atoms with E-state index >= 15 is 0 Å². The number of amides is 2. The van der Waals surface area contributed by atoms with E-state index in [0.717, 1.165) is 12.1 Å². The molecule has 0 aliphatic heterocycles. The van der Waals surface area contributed by atoms with Crippen molar-refractivity contribution in [2.45, 2.75) is 58.2 Å². The summed E-state index contributed by atoms with van der Waals surface area (Å²) < 4.78 is 42.1. The highest BCUT2D eigenvalue weighted by atomic mass is 19.1. The van der Waals surface area contributed by atoms with Gasteiger partial charge in [-0.05, 0) is 63.1 Å². The van der Waals surface area contributed by atoms with Gasteiger partial charge in [0.25, 0.3) is 0 Å². The molecule has 0 spiro atoms. The molecule has 38 heavy (non-hydrogen) atoms. The fourth-order valence-corrected chi connectivity index (χ4v) is 3.36. The molecule has 0 aliphatic rings. The third-order valence-electron chi connectivity index (χ3n) is 5.00. The largest absolute Gasteiger partial charge is 0.482 e. The van der Waals surface area contributed by atoms with Gasteiger partial charge in [0.1, 0.15) is 35.1 Å². The van der Waals surface area contributed by atoms with Crippen molar-refractivity contribution in [1.82, 2.24) is 10.6 Å². The first kappa shape index (κ1) is 30.2. The second kappa shape index (κ2) is 13.5. The molecule has 0 saturated heterocycles. The number of ether oxygens (including phenoxy) is 3. The van der Waals surface area contributed by atoms with Gasteiger partial charge in [-0.2, -0.15) is 0 Å². The average Bonchev–Trinajstić information content (AvgIpc) is 2.80. The molecule has 11 heteroatoms. The standard InChI is InChI=1S/C27H32F2N2O7/c1-16(30-23(32)13-18-10-19(28)14-20(29)11-18)25(34)31-22(26(35)36-5)12-17-6-8-21(9-7-17)37-15-24(33)38-27(2,3)4/h6-11,14,16,22H,12-13,15H2,1-5H3,(H,30,32)(H,31,34)/t16-,22-/m0/s1. The zero-order chi connectivity index (χ0) is 28.5. The van der Waals surface area contributed by atoms with Gasteiger partial charge in [-0.25, -0.2) is 18.4 Å². The molecule has 0 bridgehead atoms. The molecule has 9 nitrogen and oxygen atoms in total. The van der Waals surface area contributed by atoms with Gasteiger partial charge in [0, 0.05) is 12.5 Å². The Bertz CT molecular complexity index is 1130. The number of nitrogens with one attached hydrogen (secondary N) is 2. The highest BCUT2D eigenvalue weighted by Crippen LogP contribution is 2.15. The molecular formula is C27H32F2N2O7. The first-order valence-electron chi connectivity index (χ1n) is 11.8. The van der Waals surface area contributed by atoms with Crippen LogP contribution in [0, 0.1) is 11.6 Å². The molecule has 0 radical (unpaired) electrons. The molecule has 0 aromatic heterocycles. The number of rotatable bonds is 11. The van der Waals surface area contributed by atoms with Crippen LogP contribution >= 0.6 is 0 Å². The summed E-state index contributed by atoms with van der Waals surface area (Å²) in [5, 5.41) is 4.97. The summed E-state index contributed by atoms with van der Waals surface area (Å²) >= 11 is 0. The van der Waals surface area contributed by atoms with E-state index < -0.39 is 53.1 Å². The predicted molar refractivity (Wildman–Crippen MR) is 133 cm³/mol. The van der Waals surface area contributed by atoms with E-state index in [1.54, 1.807) is 45.0 Å². The molecule has 206 valence electrons. The van der Waals surface area contributed by atoms with Crippen molar-refractivity contribution in [2.75, 3.05) is 13.7 Å². The van der Waals surface area contributed by atoms with E-state index in [4.69, 9.17) is 14.2 Å². The van der Waals surface area contributed by atoms with Crippen LogP contribution in [-0.2, 0) is 41.5 Å². The Labute approximate surface area is 219 Å². The lowest BCUT2D eigenvalue weighted by molar-refractivity contribution is -0.157. The predicted octanol–water partition coefficient (Wildman–Crippen LogP) is 2.63. The average molecular weight is 535 g/mol. The van der Waals surface area contributed by atoms with E-state index in [1.807, 2.05) is 0 Å². The summed E-state index contributed by atoms with van der Waals surface area (Å²) in [5.74, 6) is -3.72. The summed E-state index contributed by atoms with van der Waals surface area (Å²) in [6, 6.07) is 7.17. The fourth-order valence-electron chi connectivity index (χ4n) is 3.36. The number of hydrogen-bond donors (Lipinski definition) is 2. The lowest BCUT2D eigenvalue weighted by Gasteiger charge is -2.20. The van der Waals surface area contributed by atoms with E-state index in [-0.39, 0.29) is 25.0 Å². The SMILES string of the molecule is COC(=O)[C@H](Cc1ccc(OCC(=O)OC(C)(C)C)cc1)NC(=O)[C@H](C)NC(=O)Cc1cc(F)cc(F)c1. The van der Waals surface area contributed by atoms with Crippen molar-refractivity contribution >= 4 is 23.8 Å². The van der Waals surface area contributed by atoms with Gasteiger partial charge in [0.2, 0.25) is 11.8 Å². The number of benzene rings is 2. The van der Waals surface area contributed by atoms with E-state index in [9.17, 15) is 28.0 Å². The highest BCUT2D eigenvalue weighted by Gasteiger charge is 2.25. The molecule has 2 rings (SSSR count). The van der Waals surface area contributed by atoms with Crippen molar-refractivity contribution < 1.29 is 42.2 Å². The number of esters is 2. The Morgan fingerprint density at radius 3 is 2.08 bits per heavy atom. The van der Waals surface area contributed by atoms with Crippen LogP contribution in [-0.4, -0.2) is 55.2 Å². The molecule has 2 aromatic carbocycles. The van der Waals surface area contributed by atoms with E-state index in [2.05, 4.69) is 10.6 Å². The lowest BCUT2D eigenvalue weighted by atomic mass is 10.1. The van der Waals surface area contributed by atoms with Gasteiger partial charge in [0.15, 0.2) is 6.61 Å². The first-order valence-corrected chi connectivity index (χ1v) is 11.8. The normalized spacial score (nSPS) is 12.6. The van der Waals surface area contributed by atoms with Crippen molar-refractivity contribution in [3.63, 3.8) is 0 Å². The van der Waals surface area contributed by atoms with Gasteiger partial charge in [-0.3, -0.25) is 9.59 Å². The smallest absolute Gasteiger partial charge is 0.344 e. The van der Waals surface area contributed by atoms with Crippen LogP contribution in [0.3, 0.4) is 0 Å². The van der Waals surface area contributed by atoms with Gasteiger partial charge in [-0.15, -0.1) is 0 Å². The Kier molecular flexibility index (Phi) is 10.7. The van der Waals surface area contributed by atoms with Crippen molar-refractivity contribution in [3.8, 4) is 5.75 Å². The number of methoxy groups -OCH3 is 1. The minimum atomic E-state index is -1.06. The Morgan fingerprint density at radius 2 is 1.53 bits per heavy atom. The summed E-state index contributed by atoms with van der Waals surface area (Å²) in [6.45, 7) is 6.39. The third kappa shape index (κ3) is 10.5. The maximum absolute atomic E-state index is 13.3. The molecule has 2 atom stereocenters. The van der Waals surface area contributed by atoms with E-state index in [1.165, 1.54) is 14.0 Å². The van der Waals surface area contributed by atoms with Crippen LogP contribution in [0.1, 0.15) is 38.8 Å². The third-order valence-corrected chi connectivity index (χ3v) is 5.00. The number of halogens is 2. The topological polar surface area (TPSA) is 120 Å². The van der Waals surface area contributed by atoms with Crippen LogP contribution in [0.5, 0.6) is 5.75 Å². The summed E-state index contributed by atoms with van der Waals surface area (Å²) in [4.78, 5) is 49.0. The molecular weight excluding hydrogens is 502 g/mol. The van der Waals surface area contributed by atoms with Crippen LogP contribution in [0.15, 0.2) is 42.5 Å². The summed E-state index contributed by atoms with van der Waals surface area (Å²) in [6.07, 6.45) is -0.261. The number of hydrogen-bond acceptors (Lipinski definition) is 7. The Hall–Kier alpha value is -4.02. The molecule has 0 fully saturated rings. The van der Waals surface area contributed by atoms with Crippen LogP contribution in [0.2, 0.25) is 0 Å². The van der Waals surface area contributed by atoms with Crippen molar-refractivity contribution in [1.29, 1.82) is 0 Å². The summed E-state index contributed by atoms with van der Waals surface area (Å²) in [7, 11) is 1.18. The quantitative estimate of drug-likeness (QED) is 0.426. The Balaban J connectivity index is 1.93. The first-order chi connectivity index (χ1) is 17.8. The fraction of sp³-hybridized carbons (Fsp3) is 0.407. The maximum atomic E-state index is 13.3. The molecule has 0 heterocycles. The summed E-state index contributed by atoms with van der Waals surface area (Å²) in [5.41, 5.74) is 0.146. The molecule has 2 amide bonds. The monoisotopic (exact) mass is 534 g/mol. The second-order valence-electron chi connectivity index (χ2n) is 9.55. The van der Waals surface area contributed by atoms with Gasteiger partial charge in [0.05, 0.1) is 13.5 Å². The van der Waals surface area contributed by atoms with Crippen LogP contribution in [0.4, 0.5) is 8.78 Å². The van der Waals surface area contributed by atoms with Crippen molar-refractivity contribution in [3.05, 3.63) is 65.2 Å². The molecule has 0 saturated carbocycles. The second-order valence-corrected chi connectivity index (χ2v) is 9.55. The molecule has 0 unspecified atom stereocenters. The Morgan fingerprint density at radius 1 is 0.921 bits per heavy atom. The highest BCUT2D eigenvalue weighted by molar-refractivity contribution is 5.91. The van der Waals surface area contributed by atoms with E-state index in [0.29, 0.717) is 17.4 Å². The molecule has 2 aromatic rings. The zero-order valence-corrected chi connectivity index (χ0v) is 21.9. The van der Waals surface area contributed by atoms with Crippen LogP contribution in [0.25, 0.3) is 0 Å². The van der Waals surface area contributed by atoms with Gasteiger partial charge < -0.3 is 24.8 Å². The molecule has 2 N–H and O–H groups in total. The molecule has 0 aliphatic carbocycles. The van der Waals surface area contributed by atoms with Crippen LogP contribution < -0.4 is 15.4 Å². The number of carbonyl (C=O) groups excluding carboxylic acids is 4. The maximum Gasteiger partial charge on any atom is 0.344 e.